The van der Waals surface area contributed by atoms with Gasteiger partial charge in [0.2, 0.25) is 0 Å². The van der Waals surface area contributed by atoms with Crippen molar-refractivity contribution in [3.63, 3.8) is 0 Å². The first-order valence-corrected chi connectivity index (χ1v) is 5.42. The van der Waals surface area contributed by atoms with Crippen molar-refractivity contribution < 1.29 is 4.74 Å². The number of pyridine rings is 1. The van der Waals surface area contributed by atoms with Crippen LogP contribution >= 0.6 is 0 Å². The number of rotatable bonds is 2. The number of hydrogen-bond acceptors (Lipinski definition) is 3. The molecule has 2 aromatic heterocycles. The van der Waals surface area contributed by atoms with E-state index in [0.29, 0.717) is 12.0 Å². The molecule has 1 aromatic carbocycles. The maximum atomic E-state index is 11.5. The Bertz CT molecular complexity index is 742. The lowest BCUT2D eigenvalue weighted by Gasteiger charge is -2.06. The van der Waals surface area contributed by atoms with Gasteiger partial charge in [-0.05, 0) is 13.0 Å². The summed E-state index contributed by atoms with van der Waals surface area (Å²) in [6.45, 7) is 2.51. The Hall–Kier alpha value is -2.30. The van der Waals surface area contributed by atoms with Crippen molar-refractivity contribution in [2.75, 3.05) is 6.61 Å². The topological polar surface area (TPSA) is 70.8 Å². The van der Waals surface area contributed by atoms with E-state index in [1.165, 1.54) is 0 Å². The molecule has 86 valence electrons. The monoisotopic (exact) mass is 229 g/mol. The number of hydrogen-bond donors (Lipinski definition) is 2. The molecule has 5 nitrogen and oxygen atoms in total. The lowest BCUT2D eigenvalue weighted by Crippen LogP contribution is -1.98. The van der Waals surface area contributed by atoms with Crippen molar-refractivity contribution >= 4 is 21.8 Å². The fourth-order valence-electron chi connectivity index (χ4n) is 1.96. The zero-order valence-electron chi connectivity index (χ0n) is 9.28. The van der Waals surface area contributed by atoms with Gasteiger partial charge in [0, 0.05) is 11.6 Å². The van der Waals surface area contributed by atoms with Crippen LogP contribution in [-0.2, 0) is 0 Å². The highest BCUT2D eigenvalue weighted by Crippen LogP contribution is 2.27. The van der Waals surface area contributed by atoms with Crippen LogP contribution in [0, 0.1) is 0 Å². The van der Waals surface area contributed by atoms with Gasteiger partial charge in [0.25, 0.3) is 5.56 Å². The normalized spacial score (nSPS) is 11.1. The molecular weight excluding hydrogens is 218 g/mol. The summed E-state index contributed by atoms with van der Waals surface area (Å²) in [6, 6.07) is 5.67. The van der Waals surface area contributed by atoms with E-state index in [0.717, 1.165) is 22.2 Å². The smallest absolute Gasteiger partial charge is 0.273 e. The van der Waals surface area contributed by atoms with Gasteiger partial charge in [-0.1, -0.05) is 12.1 Å². The summed E-state index contributed by atoms with van der Waals surface area (Å²) in [5.74, 6) is 0.731. The van der Waals surface area contributed by atoms with Crippen molar-refractivity contribution in [2.24, 2.45) is 0 Å². The molecule has 5 heteroatoms. The number of para-hydroxylation sites is 1. The van der Waals surface area contributed by atoms with Crippen LogP contribution in [0.4, 0.5) is 0 Å². The molecule has 0 spiro atoms. The summed E-state index contributed by atoms with van der Waals surface area (Å²) in [7, 11) is 0. The van der Waals surface area contributed by atoms with Crippen LogP contribution in [0.1, 0.15) is 6.92 Å². The van der Waals surface area contributed by atoms with Crippen molar-refractivity contribution in [3.05, 3.63) is 34.7 Å². The second-order valence-corrected chi connectivity index (χ2v) is 3.71. The molecule has 0 fully saturated rings. The minimum Gasteiger partial charge on any atom is -0.492 e. The van der Waals surface area contributed by atoms with Gasteiger partial charge < -0.3 is 4.74 Å². The Morgan fingerprint density at radius 2 is 2.18 bits per heavy atom. The van der Waals surface area contributed by atoms with E-state index in [1.54, 1.807) is 6.20 Å². The van der Waals surface area contributed by atoms with Gasteiger partial charge in [-0.15, -0.1) is 0 Å². The maximum absolute atomic E-state index is 11.5. The molecule has 0 radical (unpaired) electrons. The zero-order chi connectivity index (χ0) is 11.8. The van der Waals surface area contributed by atoms with Gasteiger partial charge in [-0.25, -0.2) is 0 Å². The van der Waals surface area contributed by atoms with Crippen LogP contribution in [-0.4, -0.2) is 21.8 Å². The van der Waals surface area contributed by atoms with E-state index in [9.17, 15) is 4.79 Å². The van der Waals surface area contributed by atoms with Gasteiger partial charge >= 0.3 is 0 Å². The molecule has 2 heterocycles. The average Bonchev–Trinajstić information content (AvgIpc) is 2.72. The number of aromatic nitrogens is 3. The van der Waals surface area contributed by atoms with Gasteiger partial charge in [0.05, 0.1) is 17.5 Å². The summed E-state index contributed by atoms with van der Waals surface area (Å²) in [5, 5.41) is 6.87. The van der Waals surface area contributed by atoms with E-state index in [1.807, 2.05) is 25.1 Å². The van der Waals surface area contributed by atoms with Crippen LogP contribution in [0.15, 0.2) is 29.2 Å². The third kappa shape index (κ3) is 1.39. The Morgan fingerprint density at radius 1 is 1.29 bits per heavy atom. The first-order valence-electron chi connectivity index (χ1n) is 5.42. The molecule has 0 amide bonds. The highest BCUT2D eigenvalue weighted by Gasteiger charge is 2.09. The zero-order valence-corrected chi connectivity index (χ0v) is 9.28. The minimum atomic E-state index is -0.156. The summed E-state index contributed by atoms with van der Waals surface area (Å²) in [6.07, 6.45) is 1.56. The molecule has 17 heavy (non-hydrogen) atoms. The number of nitrogens with one attached hydrogen (secondary N) is 2. The van der Waals surface area contributed by atoms with Crippen LogP contribution < -0.4 is 10.3 Å². The number of ether oxygens (including phenoxy) is 1. The second-order valence-electron chi connectivity index (χ2n) is 3.71. The highest BCUT2D eigenvalue weighted by molar-refractivity contribution is 6.04. The lowest BCUT2D eigenvalue weighted by atomic mass is 10.1. The molecule has 0 aliphatic carbocycles. The molecule has 0 saturated heterocycles. The third-order valence-electron chi connectivity index (χ3n) is 2.71. The van der Waals surface area contributed by atoms with Gasteiger partial charge in [0.15, 0.2) is 0 Å². The largest absolute Gasteiger partial charge is 0.492 e. The Balaban J connectivity index is 2.44. The van der Waals surface area contributed by atoms with Crippen molar-refractivity contribution in [3.8, 4) is 5.75 Å². The van der Waals surface area contributed by atoms with E-state index >= 15 is 0 Å². The fraction of sp³-hybridized carbons (Fsp3) is 0.167. The number of aromatic amines is 2. The number of H-pyrrole nitrogens is 2. The highest BCUT2D eigenvalue weighted by atomic mass is 16.5. The summed E-state index contributed by atoms with van der Waals surface area (Å²) in [5.41, 5.74) is 1.37. The summed E-state index contributed by atoms with van der Waals surface area (Å²) < 4.78 is 5.51. The molecule has 0 bridgehead atoms. The van der Waals surface area contributed by atoms with Gasteiger partial charge in [0.1, 0.15) is 11.3 Å². The first kappa shape index (κ1) is 9.89. The van der Waals surface area contributed by atoms with E-state index < -0.39 is 0 Å². The minimum absolute atomic E-state index is 0.156. The summed E-state index contributed by atoms with van der Waals surface area (Å²) >= 11 is 0. The Morgan fingerprint density at radius 3 is 3.00 bits per heavy atom. The average molecular weight is 229 g/mol. The van der Waals surface area contributed by atoms with Crippen LogP contribution in [0.25, 0.3) is 21.8 Å². The Kier molecular flexibility index (Phi) is 2.11. The SMILES string of the molecule is CCOc1cccc2c1ncc1c(=O)[nH][nH]c12. The molecule has 0 unspecified atom stereocenters. The predicted molar refractivity (Wildman–Crippen MR) is 65.4 cm³/mol. The van der Waals surface area contributed by atoms with Crippen molar-refractivity contribution in [2.45, 2.75) is 6.92 Å². The maximum Gasteiger partial charge on any atom is 0.273 e. The molecule has 0 atom stereocenters. The van der Waals surface area contributed by atoms with Gasteiger partial charge in [-0.2, -0.15) is 0 Å². The standard InChI is InChI=1S/C12H11N3O2/c1-2-17-9-5-3-4-7-10-8(6-13-11(7)9)12(16)15-14-10/h3-6H,2H2,1H3,(H2,14,15,16). The van der Waals surface area contributed by atoms with Gasteiger partial charge in [-0.3, -0.25) is 20.0 Å². The number of nitrogens with zero attached hydrogens (tertiary/aromatic N) is 1. The number of benzene rings is 1. The quantitative estimate of drug-likeness (QED) is 0.704. The predicted octanol–water partition coefficient (Wildman–Crippen LogP) is 1.80. The van der Waals surface area contributed by atoms with Crippen molar-refractivity contribution in [1.82, 2.24) is 15.2 Å². The number of fused-ring (bicyclic) bond motifs is 3. The molecular formula is C12H11N3O2. The summed E-state index contributed by atoms with van der Waals surface area (Å²) in [4.78, 5) is 15.8. The molecule has 0 aliphatic heterocycles. The van der Waals surface area contributed by atoms with E-state index in [2.05, 4.69) is 15.2 Å². The molecule has 0 aliphatic rings. The van der Waals surface area contributed by atoms with E-state index in [4.69, 9.17) is 4.74 Å². The Labute approximate surface area is 96.4 Å². The first-order chi connectivity index (χ1) is 8.31. The van der Waals surface area contributed by atoms with Crippen LogP contribution in [0.2, 0.25) is 0 Å². The molecule has 3 aromatic rings. The fourth-order valence-corrected chi connectivity index (χ4v) is 1.96. The van der Waals surface area contributed by atoms with Crippen molar-refractivity contribution in [1.29, 1.82) is 0 Å². The van der Waals surface area contributed by atoms with E-state index in [-0.39, 0.29) is 5.56 Å². The third-order valence-corrected chi connectivity index (χ3v) is 2.71. The molecule has 0 saturated carbocycles. The lowest BCUT2D eigenvalue weighted by molar-refractivity contribution is 0.343. The van der Waals surface area contributed by atoms with Crippen LogP contribution in [0.5, 0.6) is 5.75 Å². The molecule has 2 N–H and O–H groups in total. The molecule has 3 rings (SSSR count). The van der Waals surface area contributed by atoms with Crippen LogP contribution in [0.3, 0.4) is 0 Å². The second kappa shape index (κ2) is 3.62.